The fourth-order valence-corrected chi connectivity index (χ4v) is 3.36. The Morgan fingerprint density at radius 3 is 2.37 bits per heavy atom. The quantitative estimate of drug-likeness (QED) is 0.740. The van der Waals surface area contributed by atoms with Crippen molar-refractivity contribution in [1.82, 2.24) is 15.0 Å². The van der Waals surface area contributed by atoms with Crippen LogP contribution in [0.15, 0.2) is 54.7 Å². The number of nitrogens with one attached hydrogen (secondary N) is 1. The number of anilines is 4. The van der Waals surface area contributed by atoms with E-state index in [0.29, 0.717) is 11.0 Å². The fraction of sp³-hybridized carbons (Fsp3) is 0.250. The topological polar surface area (TPSA) is 57.2 Å². The molecule has 1 fully saturated rings. The van der Waals surface area contributed by atoms with Gasteiger partial charge in [-0.05, 0) is 37.3 Å². The van der Waals surface area contributed by atoms with Gasteiger partial charge in [-0.3, -0.25) is 0 Å². The van der Waals surface area contributed by atoms with Gasteiger partial charge in [-0.15, -0.1) is 0 Å². The second-order valence-electron chi connectivity index (χ2n) is 6.49. The van der Waals surface area contributed by atoms with Crippen LogP contribution in [0, 0.1) is 6.92 Å². The Morgan fingerprint density at radius 1 is 0.889 bits per heavy atom. The first-order valence-electron chi connectivity index (χ1n) is 8.96. The van der Waals surface area contributed by atoms with E-state index in [-0.39, 0.29) is 0 Å². The number of nitrogens with zero attached hydrogens (tertiary/aromatic N) is 5. The highest BCUT2D eigenvalue weighted by Gasteiger charge is 2.19. The zero-order valence-electron chi connectivity index (χ0n) is 15.1. The molecule has 1 N–H and O–H groups in total. The highest BCUT2D eigenvalue weighted by molar-refractivity contribution is 6.30. The lowest BCUT2D eigenvalue weighted by Gasteiger charge is -2.36. The molecular formula is C20H21ClN6. The van der Waals surface area contributed by atoms with E-state index in [9.17, 15) is 0 Å². The molecule has 138 valence electrons. The summed E-state index contributed by atoms with van der Waals surface area (Å²) in [5, 5.41) is 3.93. The van der Waals surface area contributed by atoms with Crippen LogP contribution in [-0.2, 0) is 0 Å². The van der Waals surface area contributed by atoms with Crippen LogP contribution in [0.3, 0.4) is 0 Å². The monoisotopic (exact) mass is 380 g/mol. The molecular weight excluding hydrogens is 360 g/mol. The van der Waals surface area contributed by atoms with Gasteiger partial charge >= 0.3 is 0 Å². The molecule has 0 atom stereocenters. The zero-order valence-corrected chi connectivity index (χ0v) is 15.9. The van der Waals surface area contributed by atoms with Gasteiger partial charge < -0.3 is 15.1 Å². The molecule has 0 unspecified atom stereocenters. The summed E-state index contributed by atoms with van der Waals surface area (Å²) >= 11 is 6.06. The third-order valence-electron chi connectivity index (χ3n) is 4.50. The molecule has 1 aliphatic rings. The van der Waals surface area contributed by atoms with Gasteiger partial charge in [0.15, 0.2) is 0 Å². The average Bonchev–Trinajstić information content (AvgIpc) is 2.68. The predicted octanol–water partition coefficient (Wildman–Crippen LogP) is 3.90. The Balaban J connectivity index is 1.47. The van der Waals surface area contributed by atoms with E-state index in [1.54, 1.807) is 0 Å². The minimum atomic E-state index is 0.583. The van der Waals surface area contributed by atoms with Crippen molar-refractivity contribution in [3.8, 4) is 0 Å². The summed E-state index contributed by atoms with van der Waals surface area (Å²) in [7, 11) is 0. The molecule has 0 saturated carbocycles. The molecule has 1 aromatic carbocycles. The summed E-state index contributed by atoms with van der Waals surface area (Å²) in [6, 6.07) is 15.6. The van der Waals surface area contributed by atoms with Crippen molar-refractivity contribution in [3.05, 3.63) is 65.4 Å². The third-order valence-corrected chi connectivity index (χ3v) is 4.73. The molecule has 0 spiro atoms. The average molecular weight is 381 g/mol. The van der Waals surface area contributed by atoms with Crippen LogP contribution in [0.4, 0.5) is 23.3 Å². The van der Waals surface area contributed by atoms with Crippen molar-refractivity contribution < 1.29 is 0 Å². The van der Waals surface area contributed by atoms with Gasteiger partial charge in [-0.2, -0.15) is 4.98 Å². The summed E-state index contributed by atoms with van der Waals surface area (Å²) in [4.78, 5) is 18.2. The number of hydrogen-bond acceptors (Lipinski definition) is 6. The minimum absolute atomic E-state index is 0.583. The van der Waals surface area contributed by atoms with Gasteiger partial charge in [0.1, 0.15) is 11.6 Å². The van der Waals surface area contributed by atoms with Gasteiger partial charge in [0.25, 0.3) is 0 Å². The number of pyridine rings is 1. The molecule has 7 heteroatoms. The van der Waals surface area contributed by atoms with Gasteiger partial charge in [0, 0.05) is 54.8 Å². The summed E-state index contributed by atoms with van der Waals surface area (Å²) in [6.07, 6.45) is 1.84. The molecule has 3 aromatic rings. The molecule has 27 heavy (non-hydrogen) atoms. The van der Waals surface area contributed by atoms with E-state index in [2.05, 4.69) is 31.2 Å². The maximum Gasteiger partial charge on any atom is 0.229 e. The number of halogens is 1. The van der Waals surface area contributed by atoms with Crippen LogP contribution in [0.1, 0.15) is 5.69 Å². The Bertz CT molecular complexity index is 909. The number of aromatic nitrogens is 3. The van der Waals surface area contributed by atoms with Crippen LogP contribution >= 0.6 is 11.6 Å². The number of aryl methyl sites for hydroxylation is 1. The van der Waals surface area contributed by atoms with E-state index in [1.165, 1.54) is 0 Å². The van der Waals surface area contributed by atoms with Crippen LogP contribution < -0.4 is 15.1 Å². The second kappa shape index (κ2) is 7.80. The van der Waals surface area contributed by atoms with E-state index in [4.69, 9.17) is 16.6 Å². The van der Waals surface area contributed by atoms with Gasteiger partial charge in [-0.25, -0.2) is 9.97 Å². The zero-order chi connectivity index (χ0) is 18.6. The fourth-order valence-electron chi connectivity index (χ4n) is 3.17. The number of rotatable bonds is 4. The Morgan fingerprint density at radius 2 is 1.67 bits per heavy atom. The Labute approximate surface area is 163 Å². The first kappa shape index (κ1) is 17.5. The van der Waals surface area contributed by atoms with Crippen LogP contribution in [0.2, 0.25) is 5.02 Å². The van der Waals surface area contributed by atoms with Gasteiger partial charge in [0.2, 0.25) is 5.95 Å². The smallest absolute Gasteiger partial charge is 0.229 e. The van der Waals surface area contributed by atoms with Crippen molar-refractivity contribution in [2.75, 3.05) is 41.3 Å². The van der Waals surface area contributed by atoms with Crippen LogP contribution in [0.5, 0.6) is 0 Å². The number of hydrogen-bond donors (Lipinski definition) is 1. The summed E-state index contributed by atoms with van der Waals surface area (Å²) in [5.74, 6) is 2.55. The van der Waals surface area contributed by atoms with Crippen molar-refractivity contribution >= 4 is 34.9 Å². The van der Waals surface area contributed by atoms with E-state index < -0.39 is 0 Å². The van der Waals surface area contributed by atoms with Crippen molar-refractivity contribution in [1.29, 1.82) is 0 Å². The van der Waals surface area contributed by atoms with Crippen molar-refractivity contribution in [2.45, 2.75) is 6.92 Å². The SMILES string of the molecule is Cc1cc(N2CCN(c3ccccn3)CC2)nc(Nc2cccc(Cl)c2)n1. The van der Waals surface area contributed by atoms with Crippen LogP contribution in [-0.4, -0.2) is 41.1 Å². The first-order chi connectivity index (χ1) is 13.2. The van der Waals surface area contributed by atoms with Gasteiger partial charge in [-0.1, -0.05) is 23.7 Å². The minimum Gasteiger partial charge on any atom is -0.353 e. The Hall–Kier alpha value is -2.86. The largest absolute Gasteiger partial charge is 0.353 e. The second-order valence-corrected chi connectivity index (χ2v) is 6.92. The summed E-state index contributed by atoms with van der Waals surface area (Å²) in [6.45, 7) is 5.60. The molecule has 0 amide bonds. The molecule has 6 nitrogen and oxygen atoms in total. The highest BCUT2D eigenvalue weighted by Crippen LogP contribution is 2.22. The molecule has 3 heterocycles. The standard InChI is InChI=1S/C20H21ClN6/c1-15-13-19(25-20(23-15)24-17-6-4-5-16(21)14-17)27-11-9-26(10-12-27)18-7-2-3-8-22-18/h2-8,13-14H,9-12H2,1H3,(H,23,24,25). The lowest BCUT2D eigenvalue weighted by molar-refractivity contribution is 0.641. The molecule has 0 aliphatic carbocycles. The third kappa shape index (κ3) is 4.28. The number of benzene rings is 1. The predicted molar refractivity (Wildman–Crippen MR) is 110 cm³/mol. The molecule has 0 radical (unpaired) electrons. The van der Waals surface area contributed by atoms with Crippen LogP contribution in [0.25, 0.3) is 0 Å². The molecule has 0 bridgehead atoms. The summed E-state index contributed by atoms with van der Waals surface area (Å²) in [5.41, 5.74) is 1.80. The van der Waals surface area contributed by atoms with E-state index in [0.717, 1.165) is 49.2 Å². The Kier molecular flexibility index (Phi) is 5.07. The van der Waals surface area contributed by atoms with E-state index >= 15 is 0 Å². The molecule has 1 aliphatic heterocycles. The molecule has 4 rings (SSSR count). The highest BCUT2D eigenvalue weighted by atomic mass is 35.5. The maximum atomic E-state index is 6.06. The summed E-state index contributed by atoms with van der Waals surface area (Å²) < 4.78 is 0. The lowest BCUT2D eigenvalue weighted by atomic mass is 10.3. The van der Waals surface area contributed by atoms with Crippen molar-refractivity contribution in [3.63, 3.8) is 0 Å². The van der Waals surface area contributed by atoms with Crippen molar-refractivity contribution in [2.24, 2.45) is 0 Å². The molecule has 2 aromatic heterocycles. The normalized spacial score (nSPS) is 14.3. The maximum absolute atomic E-state index is 6.06. The molecule has 1 saturated heterocycles. The number of piperazine rings is 1. The van der Waals surface area contributed by atoms with E-state index in [1.807, 2.05) is 55.6 Å². The lowest BCUT2D eigenvalue weighted by Crippen LogP contribution is -2.47. The van der Waals surface area contributed by atoms with Gasteiger partial charge in [0.05, 0.1) is 0 Å². The first-order valence-corrected chi connectivity index (χ1v) is 9.34.